The Morgan fingerprint density at radius 2 is 0.615 bits per heavy atom. The van der Waals surface area contributed by atoms with Crippen LogP contribution in [0.3, 0.4) is 0 Å². The SMILES string of the molecule is CC(C)(C)[SH](C(C)(C)C)C(C)(C)C. The normalized spacial score (nSPS) is 15.9. The number of rotatable bonds is 0. The maximum absolute atomic E-state index is 2.38. The van der Waals surface area contributed by atoms with Crippen LogP contribution >= 0.6 is 10.9 Å². The first-order valence-corrected chi connectivity index (χ1v) is 6.51. The summed E-state index contributed by atoms with van der Waals surface area (Å²) in [7, 11) is 0.0162. The van der Waals surface area contributed by atoms with Crippen LogP contribution in [0.1, 0.15) is 62.3 Å². The molecule has 0 nitrogen and oxygen atoms in total. The van der Waals surface area contributed by atoms with Crippen molar-refractivity contribution < 1.29 is 0 Å². The molecular weight excluding hydrogens is 176 g/mol. The lowest BCUT2D eigenvalue weighted by molar-refractivity contribution is 0.667. The predicted octanol–water partition coefficient (Wildman–Crippen LogP) is 4.38. The molecule has 0 aliphatic rings. The van der Waals surface area contributed by atoms with Crippen molar-refractivity contribution in [2.45, 2.75) is 76.6 Å². The van der Waals surface area contributed by atoms with E-state index < -0.39 is 0 Å². The predicted molar refractivity (Wildman–Crippen MR) is 68.2 cm³/mol. The van der Waals surface area contributed by atoms with Crippen LogP contribution in [0.2, 0.25) is 0 Å². The molecule has 0 heterocycles. The highest BCUT2D eigenvalue weighted by Crippen LogP contribution is 2.59. The number of hydrogen-bond acceptors (Lipinski definition) is 0. The molecule has 0 aromatic heterocycles. The van der Waals surface area contributed by atoms with E-state index in [-0.39, 0.29) is 10.9 Å². The lowest BCUT2D eigenvalue weighted by atomic mass is 10.2. The van der Waals surface area contributed by atoms with Crippen molar-refractivity contribution in [2.75, 3.05) is 0 Å². The average Bonchev–Trinajstić information content (AvgIpc) is 1.44. The molecule has 0 bridgehead atoms. The van der Waals surface area contributed by atoms with E-state index >= 15 is 0 Å². The molecule has 0 atom stereocenters. The molecule has 1 heteroatoms. The standard InChI is InChI=1S/C12H28S/c1-10(2,3)13(11(4,5)6)12(7,8)9/h13H,1-9H3. The Morgan fingerprint density at radius 3 is 0.615 bits per heavy atom. The second-order valence-corrected chi connectivity index (χ2v) is 11.5. The molecule has 82 valence electrons. The van der Waals surface area contributed by atoms with Crippen molar-refractivity contribution in [2.24, 2.45) is 0 Å². The molecule has 0 aliphatic heterocycles. The van der Waals surface area contributed by atoms with Crippen LogP contribution in [-0.4, -0.2) is 14.2 Å². The van der Waals surface area contributed by atoms with Gasteiger partial charge in [0, 0.05) is 0 Å². The molecule has 0 spiro atoms. The lowest BCUT2D eigenvalue weighted by Gasteiger charge is -2.53. The highest BCUT2D eigenvalue weighted by molar-refractivity contribution is 8.20. The largest absolute Gasteiger partial charge is 0.239 e. The molecule has 0 aliphatic carbocycles. The van der Waals surface area contributed by atoms with Gasteiger partial charge in [-0.2, -0.15) is 0 Å². The Morgan fingerprint density at radius 1 is 0.462 bits per heavy atom. The zero-order valence-corrected chi connectivity index (χ0v) is 11.8. The van der Waals surface area contributed by atoms with Crippen LogP contribution in [0.4, 0.5) is 0 Å². The van der Waals surface area contributed by atoms with Gasteiger partial charge >= 0.3 is 0 Å². The number of hydrogen-bond donors (Lipinski definition) is 1. The van der Waals surface area contributed by atoms with E-state index in [1.165, 1.54) is 0 Å². The van der Waals surface area contributed by atoms with E-state index in [9.17, 15) is 0 Å². The van der Waals surface area contributed by atoms with Gasteiger partial charge in [-0.3, -0.25) is 0 Å². The van der Waals surface area contributed by atoms with Gasteiger partial charge in [0.15, 0.2) is 0 Å². The van der Waals surface area contributed by atoms with E-state index in [2.05, 4.69) is 62.3 Å². The first kappa shape index (κ1) is 13.4. The maximum Gasteiger partial charge on any atom is -0.00982 e. The van der Waals surface area contributed by atoms with Gasteiger partial charge in [0.2, 0.25) is 0 Å². The summed E-state index contributed by atoms with van der Waals surface area (Å²) < 4.78 is 1.35. The maximum atomic E-state index is 2.38. The Balaban J connectivity index is 5.02. The average molecular weight is 204 g/mol. The van der Waals surface area contributed by atoms with Crippen LogP contribution in [0.5, 0.6) is 0 Å². The van der Waals surface area contributed by atoms with Crippen molar-refractivity contribution in [3.8, 4) is 0 Å². The van der Waals surface area contributed by atoms with E-state index in [1.807, 2.05) is 0 Å². The molecule has 0 fully saturated rings. The minimum Gasteiger partial charge on any atom is -0.239 e. The van der Waals surface area contributed by atoms with Crippen molar-refractivity contribution in [1.29, 1.82) is 0 Å². The summed E-state index contributed by atoms with van der Waals surface area (Å²) in [6.07, 6.45) is 0. The van der Waals surface area contributed by atoms with E-state index in [0.717, 1.165) is 0 Å². The second kappa shape index (κ2) is 3.49. The Hall–Kier alpha value is 0.350. The van der Waals surface area contributed by atoms with Crippen LogP contribution in [-0.2, 0) is 0 Å². The third-order valence-electron chi connectivity index (χ3n) is 2.01. The zero-order chi connectivity index (χ0) is 11.1. The molecule has 0 N–H and O–H groups in total. The van der Waals surface area contributed by atoms with E-state index in [1.54, 1.807) is 0 Å². The first-order chi connectivity index (χ1) is 5.37. The quantitative estimate of drug-likeness (QED) is 0.556. The van der Waals surface area contributed by atoms with Crippen LogP contribution in [0.15, 0.2) is 0 Å². The minimum absolute atomic E-state index is 0.0162. The van der Waals surface area contributed by atoms with Crippen LogP contribution in [0, 0.1) is 0 Å². The third-order valence-corrected chi connectivity index (χ3v) is 6.04. The highest BCUT2D eigenvalue weighted by atomic mass is 32.2. The Kier molecular flexibility index (Phi) is 3.58. The van der Waals surface area contributed by atoms with E-state index in [0.29, 0.717) is 14.2 Å². The van der Waals surface area contributed by atoms with Gasteiger partial charge in [-0.05, 0) is 14.2 Å². The van der Waals surface area contributed by atoms with Gasteiger partial charge in [0.1, 0.15) is 0 Å². The Bertz CT molecular complexity index is 128. The molecule has 13 heavy (non-hydrogen) atoms. The fourth-order valence-corrected chi connectivity index (χ4v) is 9.06. The summed E-state index contributed by atoms with van der Waals surface area (Å²) in [5.74, 6) is 0. The van der Waals surface area contributed by atoms with Gasteiger partial charge in [0.05, 0.1) is 0 Å². The van der Waals surface area contributed by atoms with E-state index in [4.69, 9.17) is 0 Å². The van der Waals surface area contributed by atoms with Crippen molar-refractivity contribution in [1.82, 2.24) is 0 Å². The third kappa shape index (κ3) is 3.93. The van der Waals surface area contributed by atoms with Gasteiger partial charge in [-0.15, -0.1) is 0 Å². The van der Waals surface area contributed by atoms with Crippen molar-refractivity contribution >= 4 is 10.9 Å². The summed E-state index contributed by atoms with van der Waals surface area (Å²) in [5.41, 5.74) is 0. The van der Waals surface area contributed by atoms with Gasteiger partial charge in [0.25, 0.3) is 0 Å². The second-order valence-electron chi connectivity index (χ2n) is 6.85. The lowest BCUT2D eigenvalue weighted by Crippen LogP contribution is -2.38. The Labute approximate surface area is 87.8 Å². The number of thiol groups is 1. The molecule has 0 saturated heterocycles. The fraction of sp³-hybridized carbons (Fsp3) is 1.00. The molecule has 0 saturated carbocycles. The van der Waals surface area contributed by atoms with Gasteiger partial charge < -0.3 is 0 Å². The molecule has 0 aromatic rings. The first-order valence-electron chi connectivity index (χ1n) is 5.17. The highest BCUT2D eigenvalue weighted by Gasteiger charge is 2.38. The molecule has 0 radical (unpaired) electrons. The van der Waals surface area contributed by atoms with Crippen LogP contribution < -0.4 is 0 Å². The minimum atomic E-state index is 0.0162. The molecule has 0 rings (SSSR count). The smallest absolute Gasteiger partial charge is 0.00982 e. The van der Waals surface area contributed by atoms with Crippen molar-refractivity contribution in [3.63, 3.8) is 0 Å². The molecule has 0 unspecified atom stereocenters. The van der Waals surface area contributed by atoms with Gasteiger partial charge in [-0.1, -0.05) is 62.3 Å². The summed E-state index contributed by atoms with van der Waals surface area (Å²) in [6, 6.07) is 0. The fourth-order valence-electron chi connectivity index (χ4n) is 3.02. The summed E-state index contributed by atoms with van der Waals surface area (Å²) in [5, 5.41) is 0. The topological polar surface area (TPSA) is 0 Å². The monoisotopic (exact) mass is 204 g/mol. The summed E-state index contributed by atoms with van der Waals surface area (Å²) in [4.78, 5) is 0. The molecular formula is C12H28S. The van der Waals surface area contributed by atoms with Gasteiger partial charge in [-0.25, -0.2) is 10.9 Å². The zero-order valence-electron chi connectivity index (χ0n) is 10.9. The summed E-state index contributed by atoms with van der Waals surface area (Å²) >= 11 is 0. The molecule has 0 aromatic carbocycles. The summed E-state index contributed by atoms with van der Waals surface area (Å²) in [6.45, 7) is 21.5. The molecule has 0 amide bonds. The van der Waals surface area contributed by atoms with Crippen molar-refractivity contribution in [3.05, 3.63) is 0 Å². The van der Waals surface area contributed by atoms with Crippen LogP contribution in [0.25, 0.3) is 0 Å².